The van der Waals surface area contributed by atoms with Crippen molar-refractivity contribution >= 4 is 5.91 Å². The number of piperidine rings is 1. The van der Waals surface area contributed by atoms with Crippen LogP contribution in [-0.2, 0) is 5.41 Å². The Morgan fingerprint density at radius 2 is 1.83 bits per heavy atom. The average Bonchev–Trinajstić information content (AvgIpc) is 3.19. The first-order valence-corrected chi connectivity index (χ1v) is 10.5. The fourth-order valence-corrected chi connectivity index (χ4v) is 3.87. The zero-order chi connectivity index (χ0) is 21.3. The van der Waals surface area contributed by atoms with Gasteiger partial charge in [0.2, 0.25) is 0 Å². The SMILES string of the molecule is Cc1cc(-c2cnc(C(C)(C)C)nc2C2CCN(C(=O)c3ccccc3)CC2)on1. The van der Waals surface area contributed by atoms with Gasteiger partial charge in [0, 0.05) is 42.2 Å². The van der Waals surface area contributed by atoms with E-state index in [4.69, 9.17) is 9.51 Å². The first-order valence-electron chi connectivity index (χ1n) is 10.5. The van der Waals surface area contributed by atoms with Crippen molar-refractivity contribution in [2.45, 2.75) is 51.9 Å². The molecule has 156 valence electrons. The number of nitrogens with zero attached hydrogens (tertiary/aromatic N) is 4. The van der Waals surface area contributed by atoms with Crippen LogP contribution in [0.3, 0.4) is 0 Å². The lowest BCUT2D eigenvalue weighted by molar-refractivity contribution is 0.0712. The summed E-state index contributed by atoms with van der Waals surface area (Å²) in [4.78, 5) is 24.3. The van der Waals surface area contributed by atoms with Crippen LogP contribution in [0.2, 0.25) is 0 Å². The van der Waals surface area contributed by atoms with Crippen LogP contribution in [0, 0.1) is 6.92 Å². The number of likely N-dealkylation sites (tertiary alicyclic amines) is 1. The molecule has 3 aromatic rings. The van der Waals surface area contributed by atoms with E-state index in [1.54, 1.807) is 0 Å². The third-order valence-electron chi connectivity index (χ3n) is 5.57. The van der Waals surface area contributed by atoms with Gasteiger partial charge in [-0.15, -0.1) is 0 Å². The standard InChI is InChI=1S/C24H28N4O2/c1-16-14-20(30-27-16)19-15-25-23(24(2,3)4)26-21(19)17-10-12-28(13-11-17)22(29)18-8-6-5-7-9-18/h5-9,14-15,17H,10-13H2,1-4H3. The van der Waals surface area contributed by atoms with Crippen molar-refractivity contribution in [2.75, 3.05) is 13.1 Å². The largest absolute Gasteiger partial charge is 0.356 e. The molecule has 2 aromatic heterocycles. The topological polar surface area (TPSA) is 72.1 Å². The van der Waals surface area contributed by atoms with Crippen LogP contribution in [0.4, 0.5) is 0 Å². The van der Waals surface area contributed by atoms with E-state index < -0.39 is 0 Å². The number of hydrogen-bond acceptors (Lipinski definition) is 5. The lowest BCUT2D eigenvalue weighted by Gasteiger charge is -2.33. The Morgan fingerprint density at radius 3 is 2.43 bits per heavy atom. The molecule has 0 bridgehead atoms. The summed E-state index contributed by atoms with van der Waals surface area (Å²) in [5.41, 5.74) is 3.33. The highest BCUT2D eigenvalue weighted by atomic mass is 16.5. The second kappa shape index (κ2) is 8.01. The number of rotatable bonds is 3. The van der Waals surface area contributed by atoms with E-state index in [-0.39, 0.29) is 17.2 Å². The first-order chi connectivity index (χ1) is 14.3. The van der Waals surface area contributed by atoms with Crippen LogP contribution in [0.1, 0.15) is 67.1 Å². The van der Waals surface area contributed by atoms with Crippen LogP contribution in [0.5, 0.6) is 0 Å². The molecule has 1 amide bonds. The Bertz CT molecular complexity index is 1030. The Hall–Kier alpha value is -3.02. The van der Waals surface area contributed by atoms with Gasteiger partial charge < -0.3 is 9.42 Å². The highest BCUT2D eigenvalue weighted by Gasteiger charge is 2.30. The van der Waals surface area contributed by atoms with Gasteiger partial charge >= 0.3 is 0 Å². The van der Waals surface area contributed by atoms with Gasteiger partial charge in [-0.2, -0.15) is 0 Å². The number of benzene rings is 1. The van der Waals surface area contributed by atoms with Crippen molar-refractivity contribution in [3.8, 4) is 11.3 Å². The van der Waals surface area contributed by atoms with E-state index in [0.29, 0.717) is 18.8 Å². The van der Waals surface area contributed by atoms with Crippen LogP contribution in [0.25, 0.3) is 11.3 Å². The monoisotopic (exact) mass is 404 g/mol. The van der Waals surface area contributed by atoms with Gasteiger partial charge in [0.25, 0.3) is 5.91 Å². The molecule has 0 radical (unpaired) electrons. The number of hydrogen-bond donors (Lipinski definition) is 0. The molecule has 1 aliphatic heterocycles. The Morgan fingerprint density at radius 1 is 1.13 bits per heavy atom. The van der Waals surface area contributed by atoms with E-state index >= 15 is 0 Å². The lowest BCUT2D eigenvalue weighted by Crippen LogP contribution is -2.38. The zero-order valence-corrected chi connectivity index (χ0v) is 18.1. The molecule has 6 heteroatoms. The van der Waals surface area contributed by atoms with E-state index in [1.807, 2.05) is 54.4 Å². The summed E-state index contributed by atoms with van der Waals surface area (Å²) in [6, 6.07) is 11.4. The second-order valence-electron chi connectivity index (χ2n) is 9.01. The maximum atomic E-state index is 12.8. The summed E-state index contributed by atoms with van der Waals surface area (Å²) in [6.07, 6.45) is 3.59. The molecule has 3 heterocycles. The van der Waals surface area contributed by atoms with Gasteiger partial charge in [0.05, 0.1) is 17.0 Å². The molecule has 0 unspecified atom stereocenters. The first kappa shape index (κ1) is 20.3. The predicted octanol–water partition coefficient (Wildman–Crippen LogP) is 4.76. The number of aromatic nitrogens is 3. The summed E-state index contributed by atoms with van der Waals surface area (Å²) in [5.74, 6) is 1.86. The van der Waals surface area contributed by atoms with Gasteiger partial charge in [-0.05, 0) is 31.9 Å². The Labute approximate surface area is 177 Å². The zero-order valence-electron chi connectivity index (χ0n) is 18.1. The molecule has 0 saturated carbocycles. The van der Waals surface area contributed by atoms with E-state index in [0.717, 1.165) is 41.2 Å². The molecule has 0 N–H and O–H groups in total. The number of aryl methyl sites for hydroxylation is 1. The quantitative estimate of drug-likeness (QED) is 0.629. The summed E-state index contributed by atoms with van der Waals surface area (Å²) in [7, 11) is 0. The fourth-order valence-electron chi connectivity index (χ4n) is 3.87. The molecule has 1 saturated heterocycles. The van der Waals surface area contributed by atoms with Crippen LogP contribution < -0.4 is 0 Å². The Balaban J connectivity index is 1.59. The molecule has 1 aromatic carbocycles. The molecular formula is C24H28N4O2. The van der Waals surface area contributed by atoms with Gasteiger partial charge in [0.1, 0.15) is 5.82 Å². The maximum absolute atomic E-state index is 12.8. The van der Waals surface area contributed by atoms with Crippen molar-refractivity contribution in [2.24, 2.45) is 0 Å². The molecule has 0 aliphatic carbocycles. The minimum Gasteiger partial charge on any atom is -0.356 e. The highest BCUT2D eigenvalue weighted by Crippen LogP contribution is 2.35. The molecule has 1 aliphatic rings. The normalized spacial score (nSPS) is 15.4. The van der Waals surface area contributed by atoms with Crippen LogP contribution >= 0.6 is 0 Å². The van der Waals surface area contributed by atoms with Crippen molar-refractivity contribution in [3.63, 3.8) is 0 Å². The molecule has 4 rings (SSSR count). The number of amides is 1. The smallest absolute Gasteiger partial charge is 0.253 e. The average molecular weight is 405 g/mol. The molecule has 1 fully saturated rings. The fraction of sp³-hybridized carbons (Fsp3) is 0.417. The van der Waals surface area contributed by atoms with Crippen molar-refractivity contribution in [1.29, 1.82) is 0 Å². The second-order valence-corrected chi connectivity index (χ2v) is 9.01. The van der Waals surface area contributed by atoms with Crippen LogP contribution in [0.15, 0.2) is 47.1 Å². The van der Waals surface area contributed by atoms with E-state index in [9.17, 15) is 4.79 Å². The summed E-state index contributed by atoms with van der Waals surface area (Å²) in [6.45, 7) is 9.68. The number of carbonyl (C=O) groups excluding carboxylic acids is 1. The summed E-state index contributed by atoms with van der Waals surface area (Å²) >= 11 is 0. The van der Waals surface area contributed by atoms with Crippen molar-refractivity contribution in [3.05, 3.63) is 65.4 Å². The minimum atomic E-state index is -0.144. The van der Waals surface area contributed by atoms with Gasteiger partial charge in [-0.3, -0.25) is 4.79 Å². The molecule has 30 heavy (non-hydrogen) atoms. The molecule has 6 nitrogen and oxygen atoms in total. The molecular weight excluding hydrogens is 376 g/mol. The van der Waals surface area contributed by atoms with Gasteiger partial charge in [0.15, 0.2) is 5.76 Å². The van der Waals surface area contributed by atoms with E-state index in [1.165, 1.54) is 0 Å². The third kappa shape index (κ3) is 4.13. The number of carbonyl (C=O) groups is 1. The van der Waals surface area contributed by atoms with E-state index in [2.05, 4.69) is 30.9 Å². The van der Waals surface area contributed by atoms with Gasteiger partial charge in [-0.1, -0.05) is 44.1 Å². The van der Waals surface area contributed by atoms with Crippen molar-refractivity contribution in [1.82, 2.24) is 20.0 Å². The maximum Gasteiger partial charge on any atom is 0.253 e. The Kier molecular flexibility index (Phi) is 5.41. The predicted molar refractivity (Wildman–Crippen MR) is 115 cm³/mol. The minimum absolute atomic E-state index is 0.0956. The van der Waals surface area contributed by atoms with Crippen molar-refractivity contribution < 1.29 is 9.32 Å². The molecule has 0 spiro atoms. The van der Waals surface area contributed by atoms with Crippen LogP contribution in [-0.4, -0.2) is 39.0 Å². The highest BCUT2D eigenvalue weighted by molar-refractivity contribution is 5.94. The summed E-state index contributed by atoms with van der Waals surface area (Å²) < 4.78 is 5.53. The molecule has 0 atom stereocenters. The van der Waals surface area contributed by atoms with Gasteiger partial charge in [-0.25, -0.2) is 9.97 Å². The lowest BCUT2D eigenvalue weighted by atomic mass is 9.88. The summed E-state index contributed by atoms with van der Waals surface area (Å²) in [5, 5.41) is 4.04. The third-order valence-corrected chi connectivity index (χ3v) is 5.57.